The first-order valence-electron chi connectivity index (χ1n) is 8.55. The van der Waals surface area contributed by atoms with Crippen LogP contribution < -0.4 is 5.73 Å². The van der Waals surface area contributed by atoms with Gasteiger partial charge in [0.1, 0.15) is 11.8 Å². The molecule has 5 nitrogen and oxygen atoms in total. The Balaban J connectivity index is 1.59. The van der Waals surface area contributed by atoms with E-state index in [9.17, 15) is 0 Å². The quantitative estimate of drug-likeness (QED) is 0.762. The van der Waals surface area contributed by atoms with Crippen molar-refractivity contribution in [3.63, 3.8) is 0 Å². The predicted molar refractivity (Wildman–Crippen MR) is 98.5 cm³/mol. The van der Waals surface area contributed by atoms with Crippen LogP contribution in [0.2, 0.25) is 0 Å². The molecule has 0 aliphatic carbocycles. The maximum atomic E-state index is 5.90. The van der Waals surface area contributed by atoms with Gasteiger partial charge in [0.2, 0.25) is 0 Å². The van der Waals surface area contributed by atoms with Crippen LogP contribution in [0.5, 0.6) is 0 Å². The molecule has 0 saturated carbocycles. The first-order chi connectivity index (χ1) is 11.2. The molecule has 2 aromatic heterocycles. The van der Waals surface area contributed by atoms with Crippen LogP contribution in [0.1, 0.15) is 32.3 Å². The van der Waals surface area contributed by atoms with Gasteiger partial charge in [0, 0.05) is 31.4 Å². The number of H-pyrrole nitrogens is 1. The summed E-state index contributed by atoms with van der Waals surface area (Å²) in [5.74, 6) is 4.70. The predicted octanol–water partition coefficient (Wildman–Crippen LogP) is 3.14. The van der Waals surface area contributed by atoms with Gasteiger partial charge in [-0.05, 0) is 29.8 Å². The summed E-state index contributed by atoms with van der Waals surface area (Å²) >= 11 is 2.12. The van der Waals surface area contributed by atoms with E-state index in [2.05, 4.69) is 45.5 Å². The third kappa shape index (κ3) is 3.80. The lowest BCUT2D eigenvalue weighted by molar-refractivity contribution is 0.317. The highest BCUT2D eigenvalue weighted by molar-refractivity contribution is 7.99. The van der Waals surface area contributed by atoms with Crippen LogP contribution in [-0.4, -0.2) is 44.4 Å². The number of nitrogen functional groups attached to an aromatic ring is 1. The molecule has 1 saturated heterocycles. The zero-order valence-electron chi connectivity index (χ0n) is 14.1. The number of aromatic amines is 1. The second-order valence-electron chi connectivity index (χ2n) is 6.66. The Morgan fingerprint density at radius 2 is 2.26 bits per heavy atom. The van der Waals surface area contributed by atoms with Gasteiger partial charge in [0.05, 0.1) is 5.52 Å². The van der Waals surface area contributed by atoms with Crippen LogP contribution in [0.15, 0.2) is 12.5 Å². The minimum absolute atomic E-state index is 0.529. The van der Waals surface area contributed by atoms with E-state index in [1.807, 2.05) is 6.20 Å². The maximum absolute atomic E-state index is 5.90. The fourth-order valence-electron chi connectivity index (χ4n) is 3.34. The van der Waals surface area contributed by atoms with Crippen molar-refractivity contribution in [2.75, 3.05) is 30.3 Å². The zero-order valence-corrected chi connectivity index (χ0v) is 14.9. The molecule has 0 bridgehead atoms. The van der Waals surface area contributed by atoms with Crippen LogP contribution in [0.3, 0.4) is 0 Å². The van der Waals surface area contributed by atoms with Crippen LogP contribution in [0, 0.1) is 11.8 Å². The topological polar surface area (TPSA) is 70.8 Å². The molecule has 3 rings (SSSR count). The van der Waals surface area contributed by atoms with Crippen molar-refractivity contribution < 1.29 is 0 Å². The van der Waals surface area contributed by atoms with Crippen LogP contribution >= 0.6 is 11.8 Å². The zero-order chi connectivity index (χ0) is 16.2. The Hall–Kier alpha value is -1.27. The third-order valence-electron chi connectivity index (χ3n) is 4.78. The van der Waals surface area contributed by atoms with Crippen molar-refractivity contribution in [3.8, 4) is 0 Å². The number of nitrogens with two attached hydrogens (primary N) is 1. The number of anilines is 1. The van der Waals surface area contributed by atoms with E-state index in [1.165, 1.54) is 43.0 Å². The SMILES string of the molecule is CCCCSC[C@H]1CN(Cc2c[nH]c3c(N)ncnc23)C[C@@H]1C. The molecular weight excluding hydrogens is 306 g/mol. The van der Waals surface area contributed by atoms with E-state index in [-0.39, 0.29) is 0 Å². The fourth-order valence-corrected chi connectivity index (χ4v) is 4.74. The monoisotopic (exact) mass is 333 g/mol. The average Bonchev–Trinajstić information content (AvgIpc) is 3.09. The molecule has 0 aromatic carbocycles. The summed E-state index contributed by atoms with van der Waals surface area (Å²) in [5.41, 5.74) is 8.95. The molecule has 0 spiro atoms. The molecule has 126 valence electrons. The summed E-state index contributed by atoms with van der Waals surface area (Å²) in [6.45, 7) is 7.95. The summed E-state index contributed by atoms with van der Waals surface area (Å²) < 4.78 is 0. The molecule has 1 aliphatic rings. The lowest BCUT2D eigenvalue weighted by Gasteiger charge is -2.15. The summed E-state index contributed by atoms with van der Waals surface area (Å²) in [6.07, 6.45) is 6.22. The molecule has 2 atom stereocenters. The molecule has 3 heterocycles. The van der Waals surface area contributed by atoms with Gasteiger partial charge in [-0.25, -0.2) is 9.97 Å². The second kappa shape index (κ2) is 7.53. The first-order valence-corrected chi connectivity index (χ1v) is 9.71. The lowest BCUT2D eigenvalue weighted by Crippen LogP contribution is -2.20. The highest BCUT2D eigenvalue weighted by Crippen LogP contribution is 2.29. The van der Waals surface area contributed by atoms with Gasteiger partial charge in [0.15, 0.2) is 5.82 Å². The Morgan fingerprint density at radius 3 is 3.09 bits per heavy atom. The van der Waals surface area contributed by atoms with E-state index >= 15 is 0 Å². The number of likely N-dealkylation sites (tertiary alicyclic amines) is 1. The van der Waals surface area contributed by atoms with Crippen molar-refractivity contribution in [1.29, 1.82) is 0 Å². The van der Waals surface area contributed by atoms with Gasteiger partial charge in [0.25, 0.3) is 0 Å². The number of hydrogen-bond donors (Lipinski definition) is 2. The molecule has 3 N–H and O–H groups in total. The van der Waals surface area contributed by atoms with Crippen LogP contribution in [0.25, 0.3) is 11.0 Å². The number of aromatic nitrogens is 3. The van der Waals surface area contributed by atoms with E-state index < -0.39 is 0 Å². The minimum atomic E-state index is 0.529. The fraction of sp³-hybridized carbons (Fsp3) is 0.647. The standard InChI is InChI=1S/C17H27N5S/c1-3-4-5-23-10-14-9-22(7-12(14)2)8-13-6-19-16-15(13)20-11-21-17(16)18/h6,11-12,14,19H,3-5,7-10H2,1-2H3,(H2,18,20,21)/t12-,14+/m0/s1. The minimum Gasteiger partial charge on any atom is -0.382 e. The van der Waals surface area contributed by atoms with Crippen molar-refractivity contribution in [1.82, 2.24) is 19.9 Å². The molecule has 0 radical (unpaired) electrons. The largest absolute Gasteiger partial charge is 0.382 e. The number of fused-ring (bicyclic) bond motifs is 1. The Morgan fingerprint density at radius 1 is 1.39 bits per heavy atom. The van der Waals surface area contributed by atoms with Gasteiger partial charge < -0.3 is 10.7 Å². The Bertz CT molecular complexity index is 641. The van der Waals surface area contributed by atoms with Crippen LogP contribution in [-0.2, 0) is 6.54 Å². The van der Waals surface area contributed by atoms with Gasteiger partial charge >= 0.3 is 0 Å². The van der Waals surface area contributed by atoms with Gasteiger partial charge in [-0.1, -0.05) is 20.3 Å². The summed E-state index contributed by atoms with van der Waals surface area (Å²) in [5, 5.41) is 0. The molecular formula is C17H27N5S. The third-order valence-corrected chi connectivity index (χ3v) is 6.02. The molecule has 0 amide bonds. The molecule has 0 unspecified atom stereocenters. The van der Waals surface area contributed by atoms with Crippen molar-refractivity contribution >= 4 is 28.6 Å². The number of hydrogen-bond acceptors (Lipinski definition) is 5. The lowest BCUT2D eigenvalue weighted by atomic mass is 10.0. The number of unbranched alkanes of at least 4 members (excludes halogenated alkanes) is 1. The maximum Gasteiger partial charge on any atom is 0.151 e. The van der Waals surface area contributed by atoms with E-state index in [4.69, 9.17) is 5.73 Å². The Kier molecular flexibility index (Phi) is 5.43. The Labute approximate surface area is 142 Å². The normalized spacial score (nSPS) is 22.2. The first kappa shape index (κ1) is 16.6. The molecule has 1 fully saturated rings. The molecule has 1 aliphatic heterocycles. The van der Waals surface area contributed by atoms with Gasteiger partial charge in [-0.15, -0.1) is 0 Å². The number of rotatable bonds is 7. The molecule has 2 aromatic rings. The average molecular weight is 334 g/mol. The molecule has 23 heavy (non-hydrogen) atoms. The summed E-state index contributed by atoms with van der Waals surface area (Å²) in [6, 6.07) is 0. The van der Waals surface area contributed by atoms with Crippen molar-refractivity contribution in [2.45, 2.75) is 33.2 Å². The second-order valence-corrected chi connectivity index (χ2v) is 7.81. The highest BCUT2D eigenvalue weighted by atomic mass is 32.2. The van der Waals surface area contributed by atoms with Crippen molar-refractivity contribution in [2.24, 2.45) is 11.8 Å². The van der Waals surface area contributed by atoms with E-state index in [0.717, 1.165) is 29.4 Å². The number of nitrogens with zero attached hydrogens (tertiary/aromatic N) is 3. The number of nitrogens with one attached hydrogen (secondary N) is 1. The van der Waals surface area contributed by atoms with Crippen molar-refractivity contribution in [3.05, 3.63) is 18.1 Å². The summed E-state index contributed by atoms with van der Waals surface area (Å²) in [4.78, 5) is 14.2. The van der Waals surface area contributed by atoms with E-state index in [0.29, 0.717) is 5.82 Å². The highest BCUT2D eigenvalue weighted by Gasteiger charge is 2.29. The van der Waals surface area contributed by atoms with E-state index in [1.54, 1.807) is 6.33 Å². The number of thioether (sulfide) groups is 1. The smallest absolute Gasteiger partial charge is 0.151 e. The molecule has 6 heteroatoms. The summed E-state index contributed by atoms with van der Waals surface area (Å²) in [7, 11) is 0. The van der Waals surface area contributed by atoms with Gasteiger partial charge in [-0.2, -0.15) is 11.8 Å². The van der Waals surface area contributed by atoms with Gasteiger partial charge in [-0.3, -0.25) is 4.90 Å². The van der Waals surface area contributed by atoms with Crippen LogP contribution in [0.4, 0.5) is 5.82 Å².